The minimum atomic E-state index is -0.488. The molecule has 1 atom stereocenters. The van der Waals surface area contributed by atoms with Crippen LogP contribution in [0, 0.1) is 6.92 Å². The second-order valence-corrected chi connectivity index (χ2v) is 9.61. The Bertz CT molecular complexity index is 832. The Morgan fingerprint density at radius 1 is 1.03 bits per heavy atom. The monoisotopic (exact) mass is 438 g/mol. The van der Waals surface area contributed by atoms with Gasteiger partial charge in [-0.25, -0.2) is 0 Å². The van der Waals surface area contributed by atoms with Crippen molar-refractivity contribution < 1.29 is 9.59 Å². The van der Waals surface area contributed by atoms with Crippen LogP contribution in [0.5, 0.6) is 0 Å². The fourth-order valence-electron chi connectivity index (χ4n) is 3.96. The van der Waals surface area contributed by atoms with Crippen molar-refractivity contribution in [3.8, 4) is 0 Å². The molecule has 2 amide bonds. The van der Waals surface area contributed by atoms with Gasteiger partial charge in [0.15, 0.2) is 0 Å². The molecule has 2 aromatic rings. The average molecular weight is 439 g/mol. The first-order valence-corrected chi connectivity index (χ1v) is 12.3. The molecule has 1 N–H and O–H groups in total. The summed E-state index contributed by atoms with van der Waals surface area (Å²) in [6.45, 7) is 4.36. The molecule has 1 aliphatic rings. The number of nitrogens with zero attached hydrogens (tertiary/aromatic N) is 1. The van der Waals surface area contributed by atoms with Crippen molar-refractivity contribution >= 4 is 23.6 Å². The lowest BCUT2D eigenvalue weighted by Gasteiger charge is -2.31. The number of nitrogens with one attached hydrogen (secondary N) is 1. The molecule has 0 spiro atoms. The van der Waals surface area contributed by atoms with Gasteiger partial charge in [-0.05, 0) is 44.4 Å². The molecule has 0 saturated heterocycles. The summed E-state index contributed by atoms with van der Waals surface area (Å²) in [6.07, 6.45) is 6.08. The van der Waals surface area contributed by atoms with Crippen molar-refractivity contribution in [1.82, 2.24) is 10.2 Å². The molecule has 0 bridgehead atoms. The highest BCUT2D eigenvalue weighted by Gasteiger charge is 2.27. The number of thioether (sulfide) groups is 1. The van der Waals surface area contributed by atoms with Gasteiger partial charge in [0, 0.05) is 29.7 Å². The quantitative estimate of drug-likeness (QED) is 0.537. The fraction of sp³-hybridized carbons (Fsp3) is 0.462. The summed E-state index contributed by atoms with van der Waals surface area (Å²) in [5.41, 5.74) is 2.23. The van der Waals surface area contributed by atoms with E-state index in [1.165, 1.54) is 24.8 Å². The topological polar surface area (TPSA) is 49.4 Å². The van der Waals surface area contributed by atoms with Gasteiger partial charge in [0.05, 0.1) is 0 Å². The summed E-state index contributed by atoms with van der Waals surface area (Å²) < 4.78 is 0. The zero-order valence-electron chi connectivity index (χ0n) is 18.7. The molecule has 0 aliphatic heterocycles. The largest absolute Gasteiger partial charge is 0.352 e. The van der Waals surface area contributed by atoms with Crippen LogP contribution in [-0.2, 0) is 16.1 Å². The smallest absolute Gasteiger partial charge is 0.242 e. The summed E-state index contributed by atoms with van der Waals surface area (Å²) in [5, 5.41) is 3.19. The number of rotatable bonds is 9. The molecule has 0 unspecified atom stereocenters. The van der Waals surface area contributed by atoms with Crippen LogP contribution in [-0.4, -0.2) is 34.6 Å². The molecule has 5 heteroatoms. The predicted molar refractivity (Wildman–Crippen MR) is 128 cm³/mol. The van der Waals surface area contributed by atoms with Gasteiger partial charge in [-0.3, -0.25) is 9.59 Å². The molecule has 0 radical (unpaired) electrons. The maximum atomic E-state index is 13.2. The van der Waals surface area contributed by atoms with E-state index < -0.39 is 6.04 Å². The average Bonchev–Trinajstić information content (AvgIpc) is 2.79. The predicted octanol–water partition coefficient (Wildman–Crippen LogP) is 5.34. The maximum absolute atomic E-state index is 13.2. The first-order chi connectivity index (χ1) is 15.0. The molecule has 166 valence electrons. The summed E-state index contributed by atoms with van der Waals surface area (Å²) in [7, 11) is 0. The third kappa shape index (κ3) is 7.42. The summed E-state index contributed by atoms with van der Waals surface area (Å²) >= 11 is 1.67. The molecular weight excluding hydrogens is 404 g/mol. The number of hydrogen-bond acceptors (Lipinski definition) is 3. The first kappa shape index (κ1) is 23.4. The van der Waals surface area contributed by atoms with Gasteiger partial charge in [0.2, 0.25) is 11.8 Å². The fourth-order valence-corrected chi connectivity index (χ4v) is 4.82. The minimum Gasteiger partial charge on any atom is -0.352 e. The Kier molecular flexibility index (Phi) is 9.01. The van der Waals surface area contributed by atoms with Crippen LogP contribution in [0.2, 0.25) is 0 Å². The van der Waals surface area contributed by atoms with Crippen LogP contribution in [0.4, 0.5) is 0 Å². The van der Waals surface area contributed by atoms with Gasteiger partial charge < -0.3 is 10.2 Å². The Balaban J connectivity index is 1.64. The van der Waals surface area contributed by atoms with E-state index in [2.05, 4.69) is 29.6 Å². The minimum absolute atomic E-state index is 0.0234. The van der Waals surface area contributed by atoms with Gasteiger partial charge in [-0.2, -0.15) is 0 Å². The van der Waals surface area contributed by atoms with Crippen LogP contribution >= 0.6 is 11.8 Å². The molecule has 1 saturated carbocycles. The summed E-state index contributed by atoms with van der Waals surface area (Å²) in [4.78, 5) is 29.1. The third-order valence-corrected chi connectivity index (χ3v) is 6.93. The Morgan fingerprint density at radius 2 is 1.71 bits per heavy atom. The highest BCUT2D eigenvalue weighted by Crippen LogP contribution is 2.21. The van der Waals surface area contributed by atoms with Crippen LogP contribution in [0.25, 0.3) is 0 Å². The normalized spacial score (nSPS) is 15.3. The van der Waals surface area contributed by atoms with Gasteiger partial charge in [0.25, 0.3) is 0 Å². The SMILES string of the molecule is Cc1ccc(CN(C(=O)CCSc2ccccc2)[C@H](C)C(=O)NC2CCCCC2)cc1. The van der Waals surface area contributed by atoms with Crippen molar-refractivity contribution in [3.05, 3.63) is 65.7 Å². The molecule has 1 aliphatic carbocycles. The lowest BCUT2D eigenvalue weighted by atomic mass is 9.95. The van der Waals surface area contributed by atoms with Crippen molar-refractivity contribution in [3.63, 3.8) is 0 Å². The highest BCUT2D eigenvalue weighted by molar-refractivity contribution is 7.99. The Hall–Kier alpha value is -2.27. The van der Waals surface area contributed by atoms with E-state index >= 15 is 0 Å². The molecule has 31 heavy (non-hydrogen) atoms. The lowest BCUT2D eigenvalue weighted by molar-refractivity contribution is -0.140. The van der Waals surface area contributed by atoms with E-state index in [-0.39, 0.29) is 17.9 Å². The first-order valence-electron chi connectivity index (χ1n) is 11.4. The lowest BCUT2D eigenvalue weighted by Crippen LogP contribution is -2.50. The molecule has 3 rings (SSSR count). The van der Waals surface area contributed by atoms with Crippen LogP contribution < -0.4 is 5.32 Å². The Labute approximate surface area is 190 Å². The van der Waals surface area contributed by atoms with Crippen LogP contribution in [0.15, 0.2) is 59.5 Å². The van der Waals surface area contributed by atoms with E-state index in [0.717, 1.165) is 23.3 Å². The van der Waals surface area contributed by atoms with E-state index in [0.29, 0.717) is 18.7 Å². The van der Waals surface area contributed by atoms with Gasteiger partial charge in [-0.15, -0.1) is 11.8 Å². The van der Waals surface area contributed by atoms with Crippen molar-refractivity contribution in [2.75, 3.05) is 5.75 Å². The van der Waals surface area contributed by atoms with Gasteiger partial charge >= 0.3 is 0 Å². The molecule has 0 aromatic heterocycles. The van der Waals surface area contributed by atoms with Gasteiger partial charge in [-0.1, -0.05) is 67.3 Å². The molecule has 4 nitrogen and oxygen atoms in total. The van der Waals surface area contributed by atoms with Crippen molar-refractivity contribution in [1.29, 1.82) is 0 Å². The zero-order chi connectivity index (χ0) is 22.1. The number of amides is 2. The van der Waals surface area contributed by atoms with Gasteiger partial charge in [0.1, 0.15) is 6.04 Å². The number of carbonyl (C=O) groups is 2. The van der Waals surface area contributed by atoms with Crippen molar-refractivity contribution in [2.24, 2.45) is 0 Å². The zero-order valence-corrected chi connectivity index (χ0v) is 19.5. The molecule has 0 heterocycles. The highest BCUT2D eigenvalue weighted by atomic mass is 32.2. The number of carbonyl (C=O) groups excluding carboxylic acids is 2. The third-order valence-electron chi connectivity index (χ3n) is 5.92. The summed E-state index contributed by atoms with van der Waals surface area (Å²) in [5.74, 6) is 0.683. The molecular formula is C26H34N2O2S. The van der Waals surface area contributed by atoms with E-state index in [4.69, 9.17) is 0 Å². The van der Waals surface area contributed by atoms with E-state index in [9.17, 15) is 9.59 Å². The Morgan fingerprint density at radius 3 is 2.39 bits per heavy atom. The number of benzene rings is 2. The van der Waals surface area contributed by atoms with Crippen LogP contribution in [0.1, 0.15) is 56.6 Å². The standard InChI is InChI=1S/C26H34N2O2S/c1-20-13-15-22(16-14-20)19-28(21(2)26(30)27-23-9-5-3-6-10-23)25(29)17-18-31-24-11-7-4-8-12-24/h4,7-8,11-16,21,23H,3,5-6,9-10,17-19H2,1-2H3,(H,27,30)/t21-/m1/s1. The second-order valence-electron chi connectivity index (χ2n) is 8.44. The van der Waals surface area contributed by atoms with E-state index in [1.807, 2.05) is 44.2 Å². The van der Waals surface area contributed by atoms with Crippen molar-refractivity contribution in [2.45, 2.75) is 75.9 Å². The maximum Gasteiger partial charge on any atom is 0.242 e. The van der Waals surface area contributed by atoms with E-state index in [1.54, 1.807) is 16.7 Å². The number of hydrogen-bond donors (Lipinski definition) is 1. The number of aryl methyl sites for hydroxylation is 1. The van der Waals surface area contributed by atoms with Crippen LogP contribution in [0.3, 0.4) is 0 Å². The second kappa shape index (κ2) is 11.9. The molecule has 1 fully saturated rings. The molecule has 2 aromatic carbocycles. The summed E-state index contributed by atoms with van der Waals surface area (Å²) in [6, 6.07) is 18.1.